The Balaban J connectivity index is 1.31. The zero-order chi connectivity index (χ0) is 24.8. The van der Waals surface area contributed by atoms with E-state index in [1.54, 1.807) is 25.8 Å². The first-order chi connectivity index (χ1) is 17.5. The van der Waals surface area contributed by atoms with Crippen molar-refractivity contribution >= 4 is 11.0 Å². The quantitative estimate of drug-likeness (QED) is 0.324. The third kappa shape index (κ3) is 4.00. The average Bonchev–Trinajstić information content (AvgIpc) is 3.56. The Bertz CT molecular complexity index is 1550. The molecule has 4 aromatic heterocycles. The molecule has 36 heavy (non-hydrogen) atoms. The maximum atomic E-state index is 5.55. The van der Waals surface area contributed by atoms with Gasteiger partial charge in [-0.15, -0.1) is 0 Å². The van der Waals surface area contributed by atoms with Crippen LogP contribution in [0.1, 0.15) is 55.7 Å². The third-order valence-corrected chi connectivity index (χ3v) is 6.66. The van der Waals surface area contributed by atoms with Gasteiger partial charge in [-0.3, -0.25) is 0 Å². The maximum Gasteiger partial charge on any atom is 0.227 e. The SMILES string of the molecule is COc1ncnc(C2CC2)c1-c1ncc2cnn(Cc3ccc(-c4cn(C(C)C)c(C)n4)cc3)c2n1. The number of hydrogen-bond acceptors (Lipinski definition) is 7. The second kappa shape index (κ2) is 8.82. The predicted molar refractivity (Wildman–Crippen MR) is 137 cm³/mol. The summed E-state index contributed by atoms with van der Waals surface area (Å²) in [5, 5.41) is 5.47. The molecule has 1 aromatic carbocycles. The van der Waals surface area contributed by atoms with E-state index in [1.807, 2.05) is 11.6 Å². The number of aryl methyl sites for hydroxylation is 1. The van der Waals surface area contributed by atoms with Crippen molar-refractivity contribution < 1.29 is 4.74 Å². The first kappa shape index (κ1) is 22.3. The summed E-state index contributed by atoms with van der Waals surface area (Å²) in [6.07, 6.45) is 9.50. The summed E-state index contributed by atoms with van der Waals surface area (Å²) < 4.78 is 9.64. The van der Waals surface area contributed by atoms with Crippen molar-refractivity contribution in [3.63, 3.8) is 0 Å². The normalized spacial score (nSPS) is 13.6. The molecular formula is C27H28N8O. The Morgan fingerprint density at radius 2 is 1.83 bits per heavy atom. The topological polar surface area (TPSA) is 96.4 Å². The lowest BCUT2D eigenvalue weighted by Gasteiger charge is -2.11. The van der Waals surface area contributed by atoms with Crippen molar-refractivity contribution in [2.45, 2.75) is 52.1 Å². The molecule has 9 nitrogen and oxygen atoms in total. The third-order valence-electron chi connectivity index (χ3n) is 6.66. The van der Waals surface area contributed by atoms with Crippen LogP contribution in [0.5, 0.6) is 5.88 Å². The van der Waals surface area contributed by atoms with E-state index >= 15 is 0 Å². The van der Waals surface area contributed by atoms with Crippen LogP contribution in [0.15, 0.2) is 49.2 Å². The first-order valence-electron chi connectivity index (χ1n) is 12.2. The molecule has 1 aliphatic rings. The van der Waals surface area contributed by atoms with Crippen LogP contribution >= 0.6 is 0 Å². The van der Waals surface area contributed by atoms with E-state index in [0.717, 1.165) is 57.8 Å². The van der Waals surface area contributed by atoms with Crippen molar-refractivity contribution in [3.05, 3.63) is 66.3 Å². The van der Waals surface area contributed by atoms with E-state index in [-0.39, 0.29) is 0 Å². The maximum absolute atomic E-state index is 5.55. The van der Waals surface area contributed by atoms with Gasteiger partial charge in [0.15, 0.2) is 11.5 Å². The minimum absolute atomic E-state index is 0.383. The fourth-order valence-electron chi connectivity index (χ4n) is 4.62. The number of nitrogens with zero attached hydrogens (tertiary/aromatic N) is 8. The van der Waals surface area contributed by atoms with Crippen molar-refractivity contribution in [3.8, 4) is 28.5 Å². The molecule has 5 aromatic rings. The summed E-state index contributed by atoms with van der Waals surface area (Å²) in [6.45, 7) is 6.97. The second-order valence-corrected chi connectivity index (χ2v) is 9.56. The van der Waals surface area contributed by atoms with E-state index in [0.29, 0.717) is 30.2 Å². The minimum Gasteiger partial charge on any atom is -0.480 e. The van der Waals surface area contributed by atoms with Crippen molar-refractivity contribution in [2.24, 2.45) is 0 Å². The van der Waals surface area contributed by atoms with E-state index in [1.165, 1.54) is 0 Å². The van der Waals surface area contributed by atoms with Gasteiger partial charge in [0.2, 0.25) is 5.88 Å². The smallest absolute Gasteiger partial charge is 0.227 e. The second-order valence-electron chi connectivity index (χ2n) is 9.56. The van der Waals surface area contributed by atoms with Gasteiger partial charge in [-0.25, -0.2) is 29.6 Å². The molecule has 9 heteroatoms. The Labute approximate surface area is 209 Å². The molecule has 182 valence electrons. The molecule has 0 N–H and O–H groups in total. The molecule has 0 radical (unpaired) electrons. The fraction of sp³-hybridized carbons (Fsp3) is 0.333. The number of fused-ring (bicyclic) bond motifs is 1. The Kier molecular flexibility index (Phi) is 5.47. The highest BCUT2D eigenvalue weighted by Gasteiger charge is 2.31. The number of imidazole rings is 1. The predicted octanol–water partition coefficient (Wildman–Crippen LogP) is 4.97. The van der Waals surface area contributed by atoms with Crippen LogP contribution in [0.25, 0.3) is 33.7 Å². The minimum atomic E-state index is 0.383. The van der Waals surface area contributed by atoms with Crippen LogP contribution in [0.4, 0.5) is 0 Å². The van der Waals surface area contributed by atoms with Gasteiger partial charge >= 0.3 is 0 Å². The first-order valence-corrected chi connectivity index (χ1v) is 12.2. The summed E-state index contributed by atoms with van der Waals surface area (Å²) in [5.41, 5.74) is 5.71. The van der Waals surface area contributed by atoms with E-state index in [9.17, 15) is 0 Å². The Hall–Kier alpha value is -4.14. The van der Waals surface area contributed by atoms with Crippen molar-refractivity contribution in [1.29, 1.82) is 0 Å². The van der Waals surface area contributed by atoms with E-state index in [4.69, 9.17) is 14.7 Å². The zero-order valence-electron chi connectivity index (χ0n) is 20.9. The highest BCUT2D eigenvalue weighted by Crippen LogP contribution is 2.44. The summed E-state index contributed by atoms with van der Waals surface area (Å²) in [6, 6.07) is 8.85. The number of methoxy groups -OCH3 is 1. The molecule has 0 saturated heterocycles. The van der Waals surface area contributed by atoms with Crippen molar-refractivity contribution in [1.82, 2.24) is 39.3 Å². The van der Waals surface area contributed by atoms with Gasteiger partial charge in [0.25, 0.3) is 0 Å². The Morgan fingerprint density at radius 1 is 1.03 bits per heavy atom. The zero-order valence-corrected chi connectivity index (χ0v) is 20.9. The van der Waals surface area contributed by atoms with Gasteiger partial charge in [-0.2, -0.15) is 5.10 Å². The van der Waals surface area contributed by atoms with E-state index < -0.39 is 0 Å². The van der Waals surface area contributed by atoms with Gasteiger partial charge in [-0.05, 0) is 39.2 Å². The standard InChI is InChI=1S/C27H28N8O/c1-16(2)34-14-22(32-17(34)3)19-7-5-18(6-8-19)13-35-26-21(12-31-35)11-28-25(33-26)23-24(20-9-10-20)29-15-30-27(23)36-4/h5-8,11-12,14-16,20H,9-10,13H2,1-4H3. The highest BCUT2D eigenvalue weighted by molar-refractivity contribution is 5.77. The number of benzene rings is 1. The lowest BCUT2D eigenvalue weighted by Crippen LogP contribution is -2.05. The molecule has 0 unspecified atom stereocenters. The van der Waals surface area contributed by atoms with Crippen LogP contribution in [-0.4, -0.2) is 46.4 Å². The number of aromatic nitrogens is 8. The number of hydrogen-bond donors (Lipinski definition) is 0. The molecule has 0 aliphatic heterocycles. The van der Waals surface area contributed by atoms with Crippen LogP contribution in [0.2, 0.25) is 0 Å². The molecule has 0 bridgehead atoms. The van der Waals surface area contributed by atoms with Gasteiger partial charge < -0.3 is 9.30 Å². The van der Waals surface area contributed by atoms with Gasteiger partial charge in [0.1, 0.15) is 17.7 Å². The van der Waals surface area contributed by atoms with Crippen molar-refractivity contribution in [2.75, 3.05) is 7.11 Å². The van der Waals surface area contributed by atoms with Crippen LogP contribution in [0, 0.1) is 6.92 Å². The highest BCUT2D eigenvalue weighted by atomic mass is 16.5. The van der Waals surface area contributed by atoms with E-state index in [2.05, 4.69) is 68.9 Å². The van der Waals surface area contributed by atoms with Crippen LogP contribution in [0.3, 0.4) is 0 Å². The molecule has 1 saturated carbocycles. The van der Waals surface area contributed by atoms with Gasteiger partial charge in [0, 0.05) is 29.9 Å². The molecule has 6 rings (SSSR count). The number of ether oxygens (including phenoxy) is 1. The lowest BCUT2D eigenvalue weighted by molar-refractivity contribution is 0.397. The number of rotatable bonds is 7. The molecule has 4 heterocycles. The molecule has 0 atom stereocenters. The van der Waals surface area contributed by atoms with Gasteiger partial charge in [0.05, 0.1) is 36.6 Å². The van der Waals surface area contributed by atoms with Crippen LogP contribution < -0.4 is 4.74 Å². The fourth-order valence-corrected chi connectivity index (χ4v) is 4.62. The summed E-state index contributed by atoms with van der Waals surface area (Å²) in [5.74, 6) is 2.50. The molecular weight excluding hydrogens is 452 g/mol. The summed E-state index contributed by atoms with van der Waals surface area (Å²) >= 11 is 0. The largest absolute Gasteiger partial charge is 0.480 e. The summed E-state index contributed by atoms with van der Waals surface area (Å²) in [4.78, 5) is 23.1. The summed E-state index contributed by atoms with van der Waals surface area (Å²) in [7, 11) is 1.61. The van der Waals surface area contributed by atoms with Gasteiger partial charge in [-0.1, -0.05) is 24.3 Å². The lowest BCUT2D eigenvalue weighted by atomic mass is 10.1. The molecule has 1 fully saturated rings. The average molecular weight is 481 g/mol. The molecule has 0 spiro atoms. The molecule has 1 aliphatic carbocycles. The monoisotopic (exact) mass is 480 g/mol. The Morgan fingerprint density at radius 3 is 2.53 bits per heavy atom. The van der Waals surface area contributed by atoms with Crippen LogP contribution in [-0.2, 0) is 6.54 Å². The molecule has 0 amide bonds.